The van der Waals surface area contributed by atoms with Gasteiger partial charge in [0.1, 0.15) is 23.5 Å². The number of hydrogen-bond donors (Lipinski definition) is 3. The second-order valence-corrected chi connectivity index (χ2v) is 9.93. The fourth-order valence-corrected chi connectivity index (χ4v) is 5.80. The van der Waals surface area contributed by atoms with E-state index in [0.717, 1.165) is 0 Å². The molecule has 2 aliphatic heterocycles. The number of aliphatic carboxylic acids is 1. The van der Waals surface area contributed by atoms with Crippen LogP contribution in [-0.4, -0.2) is 61.9 Å². The lowest BCUT2D eigenvalue weighted by atomic mass is 9.94. The Bertz CT molecular complexity index is 983. The molecule has 1 unspecified atom stereocenters. The van der Waals surface area contributed by atoms with E-state index < -0.39 is 51.9 Å². The standard InChI is InChI=1S/C21H23N3O6S/c1-21(2)15(20(28)29)24-18(27)14(19(24)31-21)23-17(26)13(11-7-4-3-5-8-11)22-16(25)12-9-6-10-30-12/h3-4,6,8-10,13-15,19H,5,7H2,1-2H3,(H,22,25)(H,23,26)(H,28,29)/t13?,14-,15+,19-/m1/s1. The summed E-state index contributed by atoms with van der Waals surface area (Å²) in [5.41, 5.74) is 0.714. The summed E-state index contributed by atoms with van der Waals surface area (Å²) >= 11 is 1.35. The highest BCUT2D eigenvalue weighted by Gasteiger charge is 2.64. The summed E-state index contributed by atoms with van der Waals surface area (Å²) < 4.78 is 4.43. The molecule has 164 valence electrons. The fourth-order valence-electron chi connectivity index (χ4n) is 4.17. The minimum atomic E-state index is -1.07. The molecule has 2 saturated heterocycles. The van der Waals surface area contributed by atoms with Gasteiger partial charge in [0.15, 0.2) is 5.76 Å². The summed E-state index contributed by atoms with van der Waals surface area (Å²) in [5.74, 6) is -2.48. The number of carboxylic acid groups (broad SMARTS) is 1. The first kappa shape index (κ1) is 21.2. The second-order valence-electron chi connectivity index (χ2n) is 8.16. The van der Waals surface area contributed by atoms with Gasteiger partial charge in [-0.15, -0.1) is 11.8 Å². The summed E-state index contributed by atoms with van der Waals surface area (Å²) in [6.45, 7) is 3.54. The van der Waals surface area contributed by atoms with Crippen molar-refractivity contribution < 1.29 is 28.7 Å². The number of nitrogens with zero attached hydrogens (tertiary/aromatic N) is 1. The maximum absolute atomic E-state index is 13.1. The number of carbonyl (C=O) groups is 4. The molecule has 4 atom stereocenters. The van der Waals surface area contributed by atoms with Crippen LogP contribution in [0.4, 0.5) is 0 Å². The number of rotatable bonds is 6. The van der Waals surface area contributed by atoms with Gasteiger partial charge in [0.05, 0.1) is 6.26 Å². The van der Waals surface area contributed by atoms with E-state index in [-0.39, 0.29) is 5.76 Å². The largest absolute Gasteiger partial charge is 0.480 e. The molecule has 10 heteroatoms. The summed E-state index contributed by atoms with van der Waals surface area (Å²) in [6, 6.07) is 0.300. The van der Waals surface area contributed by atoms with Crippen molar-refractivity contribution in [3.63, 3.8) is 0 Å². The van der Waals surface area contributed by atoms with Crippen LogP contribution >= 0.6 is 11.8 Å². The molecule has 3 amide bonds. The lowest BCUT2D eigenvalue weighted by molar-refractivity contribution is -0.161. The van der Waals surface area contributed by atoms with E-state index in [9.17, 15) is 24.3 Å². The zero-order valence-electron chi connectivity index (χ0n) is 17.0. The average molecular weight is 445 g/mol. The zero-order valence-corrected chi connectivity index (χ0v) is 17.8. The van der Waals surface area contributed by atoms with Gasteiger partial charge in [-0.3, -0.25) is 14.4 Å². The van der Waals surface area contributed by atoms with E-state index in [4.69, 9.17) is 4.42 Å². The number of allylic oxidation sites excluding steroid dienone is 3. The molecule has 1 aromatic rings. The van der Waals surface area contributed by atoms with Crippen molar-refractivity contribution in [3.05, 3.63) is 48.0 Å². The van der Waals surface area contributed by atoms with Gasteiger partial charge >= 0.3 is 5.97 Å². The molecule has 0 bridgehead atoms. The molecule has 31 heavy (non-hydrogen) atoms. The Balaban J connectivity index is 1.50. The van der Waals surface area contributed by atoms with E-state index in [2.05, 4.69) is 10.6 Å². The minimum Gasteiger partial charge on any atom is -0.480 e. The topological polar surface area (TPSA) is 129 Å². The fraction of sp³-hybridized carbons (Fsp3) is 0.429. The number of amides is 3. The zero-order chi connectivity index (χ0) is 22.3. The molecule has 1 aliphatic carbocycles. The van der Waals surface area contributed by atoms with Gasteiger partial charge < -0.3 is 25.1 Å². The third-order valence-electron chi connectivity index (χ3n) is 5.66. The van der Waals surface area contributed by atoms with Gasteiger partial charge in [-0.1, -0.05) is 18.2 Å². The maximum Gasteiger partial charge on any atom is 0.327 e. The number of nitrogens with one attached hydrogen (secondary N) is 2. The minimum absolute atomic E-state index is 0.0769. The smallest absolute Gasteiger partial charge is 0.327 e. The third-order valence-corrected chi connectivity index (χ3v) is 7.23. The first-order chi connectivity index (χ1) is 14.7. The van der Waals surface area contributed by atoms with Gasteiger partial charge in [0, 0.05) is 4.75 Å². The van der Waals surface area contributed by atoms with Crippen molar-refractivity contribution in [2.75, 3.05) is 0 Å². The van der Waals surface area contributed by atoms with Crippen LogP contribution in [0.3, 0.4) is 0 Å². The molecular formula is C21H23N3O6S. The predicted octanol–water partition coefficient (Wildman–Crippen LogP) is 1.29. The van der Waals surface area contributed by atoms with Gasteiger partial charge in [0.25, 0.3) is 5.91 Å². The van der Waals surface area contributed by atoms with Gasteiger partial charge in [-0.05, 0) is 44.4 Å². The summed E-state index contributed by atoms with van der Waals surface area (Å²) in [6.07, 6.45) is 8.25. The van der Waals surface area contributed by atoms with Crippen molar-refractivity contribution in [3.8, 4) is 0 Å². The van der Waals surface area contributed by atoms with Gasteiger partial charge in [0.2, 0.25) is 11.8 Å². The highest BCUT2D eigenvalue weighted by Crippen LogP contribution is 2.50. The molecule has 2 fully saturated rings. The Hall–Kier alpha value is -3.01. The first-order valence-electron chi connectivity index (χ1n) is 9.92. The summed E-state index contributed by atoms with van der Waals surface area (Å²) in [7, 11) is 0. The molecule has 0 radical (unpaired) electrons. The summed E-state index contributed by atoms with van der Waals surface area (Å²) in [5, 5.41) is 14.5. The Kier molecular flexibility index (Phi) is 5.42. The van der Waals surface area contributed by atoms with E-state index in [1.807, 2.05) is 18.2 Å². The summed E-state index contributed by atoms with van der Waals surface area (Å²) in [4.78, 5) is 51.3. The molecule has 9 nitrogen and oxygen atoms in total. The number of β-lactam (4-membered cyclic amide) rings is 1. The molecule has 3 heterocycles. The van der Waals surface area contributed by atoms with Crippen LogP contribution in [0.2, 0.25) is 0 Å². The van der Waals surface area contributed by atoms with Crippen molar-refractivity contribution in [1.82, 2.24) is 15.5 Å². The second kappa shape index (κ2) is 7.92. The van der Waals surface area contributed by atoms with Crippen LogP contribution in [0.25, 0.3) is 0 Å². The van der Waals surface area contributed by atoms with Crippen LogP contribution < -0.4 is 10.6 Å². The van der Waals surface area contributed by atoms with E-state index in [1.165, 1.54) is 29.0 Å². The number of carboxylic acids is 1. The van der Waals surface area contributed by atoms with Crippen molar-refractivity contribution in [1.29, 1.82) is 0 Å². The molecule has 0 spiro atoms. The molecule has 0 saturated carbocycles. The number of fused-ring (bicyclic) bond motifs is 1. The Morgan fingerprint density at radius 2 is 2.10 bits per heavy atom. The molecular weight excluding hydrogens is 422 g/mol. The van der Waals surface area contributed by atoms with Crippen LogP contribution in [-0.2, 0) is 14.4 Å². The predicted molar refractivity (Wildman–Crippen MR) is 112 cm³/mol. The molecule has 4 rings (SSSR count). The highest BCUT2D eigenvalue weighted by atomic mass is 32.2. The SMILES string of the molecule is CC1(C)S[C@@H]2[C@H](NC(=O)C(NC(=O)c3ccco3)C3=CCC=CC3)C(=O)N2[C@H]1C(=O)O. The van der Waals surface area contributed by atoms with Crippen LogP contribution in [0.1, 0.15) is 37.2 Å². The van der Waals surface area contributed by atoms with Crippen LogP contribution in [0.15, 0.2) is 46.6 Å². The maximum atomic E-state index is 13.1. The molecule has 1 aromatic heterocycles. The number of carbonyl (C=O) groups excluding carboxylic acids is 3. The van der Waals surface area contributed by atoms with Gasteiger partial charge in [-0.2, -0.15) is 0 Å². The lowest BCUT2D eigenvalue weighted by Gasteiger charge is -2.44. The quantitative estimate of drug-likeness (QED) is 0.444. The van der Waals surface area contributed by atoms with E-state index >= 15 is 0 Å². The molecule has 0 aromatic carbocycles. The van der Waals surface area contributed by atoms with E-state index in [1.54, 1.807) is 19.9 Å². The number of thioether (sulfide) groups is 1. The Morgan fingerprint density at radius 3 is 2.71 bits per heavy atom. The van der Waals surface area contributed by atoms with Crippen LogP contribution in [0.5, 0.6) is 0 Å². The molecule has 3 aliphatic rings. The lowest BCUT2D eigenvalue weighted by Crippen LogP contribution is -2.71. The Morgan fingerprint density at radius 1 is 1.32 bits per heavy atom. The highest BCUT2D eigenvalue weighted by molar-refractivity contribution is 8.01. The monoisotopic (exact) mass is 445 g/mol. The van der Waals surface area contributed by atoms with Crippen molar-refractivity contribution >= 4 is 35.5 Å². The van der Waals surface area contributed by atoms with Gasteiger partial charge in [-0.25, -0.2) is 4.79 Å². The molecule has 3 N–H and O–H groups in total. The van der Waals surface area contributed by atoms with Crippen molar-refractivity contribution in [2.24, 2.45) is 0 Å². The number of furan rings is 1. The van der Waals surface area contributed by atoms with E-state index in [0.29, 0.717) is 18.4 Å². The Labute approximate surface area is 182 Å². The van der Waals surface area contributed by atoms with Crippen LogP contribution in [0, 0.1) is 0 Å². The average Bonchev–Trinajstić information content (AvgIpc) is 3.35. The van der Waals surface area contributed by atoms with Crippen molar-refractivity contribution in [2.45, 2.75) is 54.9 Å². The third kappa shape index (κ3) is 3.76. The normalized spacial score (nSPS) is 27.0. The first-order valence-corrected chi connectivity index (χ1v) is 10.8. The number of hydrogen-bond acceptors (Lipinski definition) is 6.